The van der Waals surface area contributed by atoms with E-state index < -0.39 is 0 Å². The van der Waals surface area contributed by atoms with Crippen LogP contribution in [0.4, 0.5) is 5.69 Å². The van der Waals surface area contributed by atoms with Crippen molar-refractivity contribution in [2.24, 2.45) is 0 Å². The fraction of sp³-hybridized carbons (Fsp3) is 0.200. The largest absolute Gasteiger partial charge is 0.254 e. The van der Waals surface area contributed by atoms with Gasteiger partial charge in [-0.3, -0.25) is 5.01 Å². The van der Waals surface area contributed by atoms with E-state index >= 15 is 0 Å². The lowest BCUT2D eigenvalue weighted by molar-refractivity contribution is 0.991. The average molecular weight is 223 g/mol. The van der Waals surface area contributed by atoms with E-state index in [4.69, 9.17) is 0 Å². The van der Waals surface area contributed by atoms with E-state index in [0.717, 1.165) is 11.4 Å². The van der Waals surface area contributed by atoms with E-state index in [1.165, 1.54) is 4.24 Å². The summed E-state index contributed by atoms with van der Waals surface area (Å²) < 4.78 is 1.26. The van der Waals surface area contributed by atoms with Crippen LogP contribution in [0, 0.1) is 0 Å². The molecule has 0 spiro atoms. The molecule has 14 heavy (non-hydrogen) atoms. The molecular formula is C10H11N2S2. The van der Waals surface area contributed by atoms with Crippen molar-refractivity contribution in [3.8, 4) is 0 Å². The number of thioether (sulfide) groups is 1. The minimum absolute atomic E-state index is 1.09. The smallest absolute Gasteiger partial charge is 0.0770 e. The molecule has 1 aromatic carbocycles. The molecule has 0 unspecified atom stereocenters. The molecule has 1 radical (unpaired) electrons. The second-order valence-electron chi connectivity index (χ2n) is 2.73. The first-order valence-electron chi connectivity index (χ1n) is 4.47. The van der Waals surface area contributed by atoms with E-state index in [-0.39, 0.29) is 0 Å². The second kappa shape index (κ2) is 4.77. The molecule has 0 saturated carbocycles. The van der Waals surface area contributed by atoms with Crippen LogP contribution in [0.2, 0.25) is 0 Å². The first kappa shape index (κ1) is 9.96. The Morgan fingerprint density at radius 2 is 2.14 bits per heavy atom. The molecule has 2 rings (SSSR count). The first-order chi connectivity index (χ1) is 6.90. The molecule has 0 saturated heterocycles. The fourth-order valence-electron chi connectivity index (χ4n) is 1.14. The molecule has 0 amide bonds. The van der Waals surface area contributed by atoms with Crippen molar-refractivity contribution in [3.05, 3.63) is 40.8 Å². The number of hydrogen-bond donors (Lipinski definition) is 0. The Morgan fingerprint density at radius 1 is 1.36 bits per heavy atom. The molecule has 0 aliphatic carbocycles. The Balaban J connectivity index is 2.08. The van der Waals surface area contributed by atoms with Crippen LogP contribution < -0.4 is 9.84 Å². The van der Waals surface area contributed by atoms with Gasteiger partial charge in [-0.25, -0.2) is 0 Å². The number of hydrogen-bond acceptors (Lipinski definition) is 3. The standard InChI is InChI=1S/C10H11N2S2/c1-2-13-10-8-12(11-14-10)9-6-4-3-5-7-9/h3-8H,2H2,1H3. The SMILES string of the molecule is CCSC1=CN(c2ccccc2)[N]S1. The summed E-state index contributed by atoms with van der Waals surface area (Å²) in [4.78, 5) is 4.34. The molecule has 1 heterocycles. The van der Waals surface area contributed by atoms with Crippen molar-refractivity contribution >= 4 is 29.4 Å². The molecule has 2 nitrogen and oxygen atoms in total. The molecule has 1 aromatic rings. The van der Waals surface area contributed by atoms with Gasteiger partial charge in [-0.05, 0) is 17.9 Å². The quantitative estimate of drug-likeness (QED) is 0.732. The summed E-state index contributed by atoms with van der Waals surface area (Å²) >= 11 is 3.37. The van der Waals surface area contributed by atoms with Gasteiger partial charge in [0.15, 0.2) is 0 Å². The fourth-order valence-corrected chi connectivity index (χ4v) is 2.72. The van der Waals surface area contributed by atoms with E-state index in [1.54, 1.807) is 11.9 Å². The topological polar surface area (TPSA) is 17.3 Å². The van der Waals surface area contributed by atoms with Gasteiger partial charge in [0.2, 0.25) is 0 Å². The van der Waals surface area contributed by atoms with Crippen molar-refractivity contribution in [2.45, 2.75) is 6.92 Å². The van der Waals surface area contributed by atoms with Crippen molar-refractivity contribution in [1.82, 2.24) is 4.83 Å². The van der Waals surface area contributed by atoms with Gasteiger partial charge in [0, 0.05) is 18.1 Å². The maximum Gasteiger partial charge on any atom is 0.0770 e. The van der Waals surface area contributed by atoms with Crippen molar-refractivity contribution in [1.29, 1.82) is 0 Å². The van der Waals surface area contributed by atoms with Gasteiger partial charge in [0.25, 0.3) is 0 Å². The number of nitrogens with zero attached hydrogens (tertiary/aromatic N) is 2. The van der Waals surface area contributed by atoms with E-state index in [1.807, 2.05) is 35.0 Å². The summed E-state index contributed by atoms with van der Waals surface area (Å²) in [7, 11) is 0. The summed E-state index contributed by atoms with van der Waals surface area (Å²) in [6, 6.07) is 10.2. The van der Waals surface area contributed by atoms with Crippen LogP contribution in [-0.4, -0.2) is 5.75 Å². The van der Waals surface area contributed by atoms with Crippen molar-refractivity contribution in [3.63, 3.8) is 0 Å². The molecule has 0 atom stereocenters. The molecule has 0 fully saturated rings. The maximum absolute atomic E-state index is 4.34. The molecule has 0 bridgehead atoms. The number of para-hydroxylation sites is 1. The zero-order valence-corrected chi connectivity index (χ0v) is 9.52. The number of rotatable bonds is 3. The van der Waals surface area contributed by atoms with Crippen LogP contribution in [0.1, 0.15) is 6.92 Å². The zero-order chi connectivity index (χ0) is 9.80. The molecule has 4 heteroatoms. The monoisotopic (exact) mass is 223 g/mol. The predicted molar refractivity (Wildman–Crippen MR) is 64.9 cm³/mol. The lowest BCUT2D eigenvalue weighted by Crippen LogP contribution is -2.16. The normalized spacial score (nSPS) is 15.8. The minimum Gasteiger partial charge on any atom is -0.254 e. The van der Waals surface area contributed by atoms with Gasteiger partial charge in [-0.15, -0.1) is 11.8 Å². The second-order valence-corrected chi connectivity index (χ2v) is 5.08. The Hall–Kier alpha value is -0.580. The Morgan fingerprint density at radius 3 is 2.86 bits per heavy atom. The van der Waals surface area contributed by atoms with E-state index in [2.05, 4.69) is 30.1 Å². The molecular weight excluding hydrogens is 212 g/mol. The molecule has 73 valence electrons. The van der Waals surface area contributed by atoms with Gasteiger partial charge < -0.3 is 0 Å². The van der Waals surface area contributed by atoms with E-state index in [0.29, 0.717) is 0 Å². The highest BCUT2D eigenvalue weighted by atomic mass is 32.2. The summed E-state index contributed by atoms with van der Waals surface area (Å²) in [5.74, 6) is 1.09. The Bertz CT molecular complexity index is 324. The van der Waals surface area contributed by atoms with Crippen molar-refractivity contribution in [2.75, 3.05) is 10.8 Å². The van der Waals surface area contributed by atoms with Gasteiger partial charge in [-0.2, -0.15) is 0 Å². The summed E-state index contributed by atoms with van der Waals surface area (Å²) in [6.07, 6.45) is 2.08. The third kappa shape index (κ3) is 2.26. The third-order valence-corrected chi connectivity index (χ3v) is 3.55. The van der Waals surface area contributed by atoms with E-state index in [9.17, 15) is 0 Å². The van der Waals surface area contributed by atoms with Crippen LogP contribution in [0.25, 0.3) is 0 Å². The lowest BCUT2D eigenvalue weighted by Gasteiger charge is -2.11. The zero-order valence-electron chi connectivity index (χ0n) is 7.88. The maximum atomic E-state index is 4.34. The summed E-state index contributed by atoms with van der Waals surface area (Å²) in [6.45, 7) is 2.15. The van der Waals surface area contributed by atoms with Crippen LogP contribution in [0.15, 0.2) is 40.8 Å². The van der Waals surface area contributed by atoms with Crippen LogP contribution in [0.5, 0.6) is 0 Å². The van der Waals surface area contributed by atoms with Crippen LogP contribution in [0.3, 0.4) is 0 Å². The predicted octanol–water partition coefficient (Wildman–Crippen LogP) is 3.23. The average Bonchev–Trinajstić information content (AvgIpc) is 2.68. The summed E-state index contributed by atoms with van der Waals surface area (Å²) in [5, 5.41) is 1.92. The molecule has 1 aliphatic heterocycles. The Kier molecular flexibility index (Phi) is 3.39. The third-order valence-electron chi connectivity index (χ3n) is 1.75. The Labute approximate surface area is 92.9 Å². The molecule has 0 N–H and O–H groups in total. The van der Waals surface area contributed by atoms with Crippen LogP contribution in [-0.2, 0) is 0 Å². The highest BCUT2D eigenvalue weighted by molar-refractivity contribution is 8.21. The number of anilines is 1. The number of benzene rings is 1. The highest BCUT2D eigenvalue weighted by Crippen LogP contribution is 2.34. The van der Waals surface area contributed by atoms with Crippen molar-refractivity contribution < 1.29 is 0 Å². The van der Waals surface area contributed by atoms with Gasteiger partial charge in [0.05, 0.1) is 9.92 Å². The van der Waals surface area contributed by atoms with Gasteiger partial charge in [-0.1, -0.05) is 30.0 Å². The first-order valence-corrected chi connectivity index (χ1v) is 6.23. The van der Waals surface area contributed by atoms with Crippen LogP contribution >= 0.6 is 23.7 Å². The molecule has 0 aromatic heterocycles. The molecule has 1 aliphatic rings. The van der Waals surface area contributed by atoms with Gasteiger partial charge >= 0.3 is 0 Å². The minimum atomic E-state index is 1.09. The summed E-state index contributed by atoms with van der Waals surface area (Å²) in [5.41, 5.74) is 1.12. The van der Waals surface area contributed by atoms with Gasteiger partial charge in [0.1, 0.15) is 0 Å². The lowest BCUT2D eigenvalue weighted by atomic mass is 10.3. The highest BCUT2D eigenvalue weighted by Gasteiger charge is 2.15.